The van der Waals surface area contributed by atoms with Crippen LogP contribution in [0.25, 0.3) is 10.4 Å². The molecule has 0 spiro atoms. The maximum absolute atomic E-state index is 14.2. The topological polar surface area (TPSA) is 239 Å². The molecule has 1 aromatic heterocycles. The first-order chi connectivity index (χ1) is 34.3. The molecule has 6 amide bonds. The summed E-state index contributed by atoms with van der Waals surface area (Å²) in [5.74, 6) is -1.43. The lowest BCUT2D eigenvalue weighted by Gasteiger charge is -2.37. The molecule has 16 nitrogen and oxygen atoms in total. The minimum Gasteiger partial charge on any atom is -0.391 e. The molecule has 2 fully saturated rings. The number of halogens is 1. The van der Waals surface area contributed by atoms with Crippen molar-refractivity contribution < 1.29 is 38.6 Å². The number of aryl methyl sites for hydroxylation is 2. The highest BCUT2D eigenvalue weighted by atomic mass is 35.5. The maximum Gasteiger partial charge on any atom is 0.246 e. The molecule has 1 saturated heterocycles. The lowest BCUT2D eigenvalue weighted by molar-refractivity contribution is -0.144. The number of hydrogen-bond donors (Lipinski definition) is 6. The van der Waals surface area contributed by atoms with Crippen molar-refractivity contribution in [3.8, 4) is 10.4 Å². The lowest BCUT2D eigenvalue weighted by Crippen LogP contribution is -2.58. The van der Waals surface area contributed by atoms with E-state index in [9.17, 15) is 33.9 Å². The highest BCUT2D eigenvalue weighted by Gasteiger charge is 2.46. The molecule has 4 aliphatic rings. The van der Waals surface area contributed by atoms with Crippen LogP contribution in [0.1, 0.15) is 106 Å². The average Bonchev–Trinajstić information content (AvgIpc) is 4.05. The molecule has 392 valence electrons. The number of hydrogen-bond acceptors (Lipinski definition) is 11. The van der Waals surface area contributed by atoms with E-state index in [1.807, 2.05) is 94.7 Å². The minimum atomic E-state index is -0.889. The molecule has 4 aromatic rings. The van der Waals surface area contributed by atoms with E-state index in [0.29, 0.717) is 31.6 Å². The SMILES string of the molecule is Cc1ncsc1-c1ccc(CNC(=O)[C@@H]2C[C@@H](O)CN2C(=O)[C@@H](NC(=O)CC2CC(Cc3ccc(CO[C@H](C)[C@H](CCC(N)=O)NC(=O)[C@@H]4Cc5cccc6c5N4C(=O)[C@@H](N)CC6)cc3)C2)C(C)(C)C)cc1.Cl. The molecule has 1 aliphatic carbocycles. The summed E-state index contributed by atoms with van der Waals surface area (Å²) in [6, 6.07) is 18.2. The van der Waals surface area contributed by atoms with Crippen molar-refractivity contribution in [2.24, 2.45) is 28.7 Å². The normalized spacial score (nSPS) is 22.5. The Kier molecular flexibility index (Phi) is 17.8. The van der Waals surface area contributed by atoms with Crippen LogP contribution in [0.4, 0.5) is 5.69 Å². The van der Waals surface area contributed by atoms with Gasteiger partial charge in [-0.3, -0.25) is 33.7 Å². The fourth-order valence-corrected chi connectivity index (χ4v) is 11.6. The van der Waals surface area contributed by atoms with Crippen LogP contribution in [-0.4, -0.2) is 99.4 Å². The van der Waals surface area contributed by atoms with Crippen LogP contribution in [-0.2, 0) is 65.9 Å². The van der Waals surface area contributed by atoms with E-state index in [-0.39, 0.29) is 86.8 Å². The van der Waals surface area contributed by atoms with Crippen molar-refractivity contribution in [1.82, 2.24) is 25.8 Å². The third-order valence-electron chi connectivity index (χ3n) is 14.9. The first-order valence-corrected chi connectivity index (χ1v) is 26.2. The predicted molar refractivity (Wildman–Crippen MR) is 282 cm³/mol. The average molecular weight is 1040 g/mol. The number of carbonyl (C=O) groups excluding carboxylic acids is 6. The number of nitrogens with zero attached hydrogens (tertiary/aromatic N) is 3. The van der Waals surface area contributed by atoms with Gasteiger partial charge in [0.15, 0.2) is 0 Å². The molecular formula is C55H71ClN8O8S. The van der Waals surface area contributed by atoms with Crippen molar-refractivity contribution in [3.05, 3.63) is 106 Å². The van der Waals surface area contributed by atoms with Crippen LogP contribution in [0.5, 0.6) is 0 Å². The molecule has 8 N–H and O–H groups in total. The summed E-state index contributed by atoms with van der Waals surface area (Å²) < 4.78 is 6.29. The van der Waals surface area contributed by atoms with Gasteiger partial charge in [-0.05, 0) is 103 Å². The fourth-order valence-electron chi connectivity index (χ4n) is 10.8. The quantitative estimate of drug-likeness (QED) is 0.0718. The third kappa shape index (κ3) is 13.2. The largest absolute Gasteiger partial charge is 0.391 e. The summed E-state index contributed by atoms with van der Waals surface area (Å²) >= 11 is 1.58. The van der Waals surface area contributed by atoms with Gasteiger partial charge in [0, 0.05) is 38.8 Å². The van der Waals surface area contributed by atoms with E-state index in [4.69, 9.17) is 16.2 Å². The summed E-state index contributed by atoms with van der Waals surface area (Å²) in [5.41, 5.74) is 20.7. The molecule has 4 heterocycles. The molecule has 73 heavy (non-hydrogen) atoms. The third-order valence-corrected chi connectivity index (χ3v) is 15.9. The van der Waals surface area contributed by atoms with Crippen LogP contribution in [0.3, 0.4) is 0 Å². The number of likely N-dealkylation sites (tertiary alicyclic amines) is 1. The van der Waals surface area contributed by atoms with Crippen molar-refractivity contribution in [2.45, 2.75) is 154 Å². The number of para-hydroxylation sites is 1. The molecule has 0 unspecified atom stereocenters. The van der Waals surface area contributed by atoms with Gasteiger partial charge in [-0.15, -0.1) is 23.7 Å². The molecule has 0 bridgehead atoms. The number of amides is 6. The summed E-state index contributed by atoms with van der Waals surface area (Å²) in [4.78, 5) is 88.9. The Bertz CT molecular complexity index is 2630. The Morgan fingerprint density at radius 1 is 0.904 bits per heavy atom. The zero-order valence-electron chi connectivity index (χ0n) is 42.4. The van der Waals surface area contributed by atoms with Gasteiger partial charge in [0.25, 0.3) is 0 Å². The van der Waals surface area contributed by atoms with E-state index in [1.54, 1.807) is 16.2 Å². The Labute approximate surface area is 438 Å². The van der Waals surface area contributed by atoms with Crippen molar-refractivity contribution >= 4 is 64.9 Å². The number of aliphatic hydroxyl groups excluding tert-OH is 1. The Balaban J connectivity index is 0.00000780. The minimum absolute atomic E-state index is 0. The summed E-state index contributed by atoms with van der Waals surface area (Å²) in [6.45, 7) is 10.0. The second kappa shape index (κ2) is 23.7. The maximum atomic E-state index is 14.2. The molecule has 0 radical (unpaired) electrons. The van der Waals surface area contributed by atoms with Gasteiger partial charge < -0.3 is 42.2 Å². The molecule has 3 aliphatic heterocycles. The summed E-state index contributed by atoms with van der Waals surface area (Å²) in [7, 11) is 0. The predicted octanol–water partition coefficient (Wildman–Crippen LogP) is 5.20. The van der Waals surface area contributed by atoms with Crippen LogP contribution in [0.2, 0.25) is 0 Å². The Hall–Kier alpha value is -5.72. The molecule has 18 heteroatoms. The van der Waals surface area contributed by atoms with E-state index in [1.165, 1.54) is 10.5 Å². The van der Waals surface area contributed by atoms with Gasteiger partial charge in [-0.2, -0.15) is 0 Å². The van der Waals surface area contributed by atoms with Crippen molar-refractivity contribution in [1.29, 1.82) is 0 Å². The number of thiazole rings is 1. The number of primary amides is 1. The molecule has 7 atom stereocenters. The number of ether oxygens (including phenoxy) is 1. The first kappa shape index (κ1) is 55.0. The number of aliphatic hydroxyl groups is 1. The number of nitrogens with one attached hydrogen (secondary N) is 3. The van der Waals surface area contributed by atoms with E-state index >= 15 is 0 Å². The highest BCUT2D eigenvalue weighted by Crippen LogP contribution is 2.40. The Morgan fingerprint density at radius 3 is 2.26 bits per heavy atom. The van der Waals surface area contributed by atoms with Gasteiger partial charge >= 0.3 is 0 Å². The van der Waals surface area contributed by atoms with Gasteiger partial charge in [0.1, 0.15) is 18.1 Å². The van der Waals surface area contributed by atoms with Crippen molar-refractivity contribution in [2.75, 3.05) is 11.4 Å². The summed E-state index contributed by atoms with van der Waals surface area (Å²) in [6.07, 6.45) is 3.55. The monoisotopic (exact) mass is 1040 g/mol. The second-order valence-electron chi connectivity index (χ2n) is 21.5. The lowest BCUT2D eigenvalue weighted by atomic mass is 9.70. The van der Waals surface area contributed by atoms with Crippen LogP contribution in [0, 0.1) is 24.2 Å². The number of benzene rings is 3. The molecule has 3 aromatic carbocycles. The number of β-amino-alcohol motifs (C(OH)–C–C–N with tert-alkyl or cyclic N) is 1. The van der Waals surface area contributed by atoms with Crippen LogP contribution in [0.15, 0.2) is 72.2 Å². The number of anilines is 1. The fraction of sp³-hybridized carbons (Fsp3) is 0.509. The highest BCUT2D eigenvalue weighted by molar-refractivity contribution is 7.13. The van der Waals surface area contributed by atoms with E-state index in [2.05, 4.69) is 33.1 Å². The van der Waals surface area contributed by atoms with Crippen LogP contribution >= 0.6 is 23.7 Å². The Morgan fingerprint density at radius 2 is 1.59 bits per heavy atom. The zero-order valence-corrected chi connectivity index (χ0v) is 44.1. The molecule has 1 saturated carbocycles. The van der Waals surface area contributed by atoms with E-state index < -0.39 is 53.7 Å². The number of nitrogens with two attached hydrogens (primary N) is 2. The smallest absolute Gasteiger partial charge is 0.246 e. The van der Waals surface area contributed by atoms with E-state index in [0.717, 1.165) is 63.3 Å². The molecule has 8 rings (SSSR count). The first-order valence-electron chi connectivity index (χ1n) is 25.3. The van der Waals surface area contributed by atoms with Gasteiger partial charge in [0.05, 0.1) is 52.7 Å². The van der Waals surface area contributed by atoms with Gasteiger partial charge in [-0.25, -0.2) is 4.98 Å². The van der Waals surface area contributed by atoms with Gasteiger partial charge in [0.2, 0.25) is 35.4 Å². The standard InChI is InChI=1S/C55H70N8O8S.ClH/c1-31-49(72-30-59-31)39-15-13-34(14-16-39)27-58-51(67)44-26-41(64)28-62(44)54(70)50(55(3,4)5)61-47(66)24-37-22-36(23-37)21-33-9-11-35(12-10-33)29-71-32(2)43(19-20-46(57)65)60-52(68)45-25-40-8-6-7-38-17-18-42(56)53(69)63(45)48(38)40;/h6-16,30,32,36-37,41-45,50,64H,17-29,56H2,1-5H3,(H2,57,65)(H,58,67)(H,60,68)(H,61,66);1H/t32-,36?,37?,41-,42+,43+,44+,45+,50-;/m1./s1. The molecular weight excluding hydrogens is 968 g/mol. The number of carbonyl (C=O) groups is 6. The van der Waals surface area contributed by atoms with Crippen molar-refractivity contribution in [3.63, 3.8) is 0 Å². The van der Waals surface area contributed by atoms with Gasteiger partial charge in [-0.1, -0.05) is 87.5 Å². The zero-order chi connectivity index (χ0) is 51.4. The number of rotatable bonds is 19. The van der Waals surface area contributed by atoms with Crippen LogP contribution < -0.4 is 32.3 Å². The number of aromatic nitrogens is 1. The summed E-state index contributed by atoms with van der Waals surface area (Å²) in [5, 5.41) is 19.7. The second-order valence-corrected chi connectivity index (χ2v) is 22.4.